The molecule has 0 unspecified atom stereocenters. The van der Waals surface area contributed by atoms with Crippen molar-refractivity contribution in [2.45, 2.75) is 18.7 Å². The van der Waals surface area contributed by atoms with E-state index in [9.17, 15) is 0 Å². The normalized spacial score (nSPS) is 13.1. The number of nitrogens with two attached hydrogens (primary N) is 1. The highest BCUT2D eigenvalue weighted by atomic mass is 32.2. The smallest absolute Gasteiger partial charge is 0.154 e. The van der Waals surface area contributed by atoms with Gasteiger partial charge in [-0.15, -0.1) is 0 Å². The summed E-state index contributed by atoms with van der Waals surface area (Å²) in [5.41, 5.74) is 9.63. The molecule has 1 atom stereocenters. The van der Waals surface area contributed by atoms with Crippen LogP contribution in [0.15, 0.2) is 59.6 Å². The van der Waals surface area contributed by atoms with E-state index in [0.29, 0.717) is 11.8 Å². The predicted octanol–water partition coefficient (Wildman–Crippen LogP) is 3.94. The standard InChI is InChI=1S/C18H22N2OS/c1-14(12-21-2)20-18(19)22-13-15-8-10-17(11-9-15)16-6-4-3-5-7-16/h3-11,14H,12-13H2,1-2H3,(H2,19,20)/t14-/m1/s1. The Balaban J connectivity index is 1.92. The van der Waals surface area contributed by atoms with E-state index >= 15 is 0 Å². The molecular formula is C18H22N2OS. The molecular weight excluding hydrogens is 292 g/mol. The monoisotopic (exact) mass is 314 g/mol. The van der Waals surface area contributed by atoms with E-state index in [0.717, 1.165) is 5.75 Å². The topological polar surface area (TPSA) is 47.6 Å². The zero-order valence-corrected chi connectivity index (χ0v) is 13.8. The maximum Gasteiger partial charge on any atom is 0.154 e. The van der Waals surface area contributed by atoms with Gasteiger partial charge in [0.05, 0.1) is 12.6 Å². The molecule has 22 heavy (non-hydrogen) atoms. The summed E-state index contributed by atoms with van der Waals surface area (Å²) in [4.78, 5) is 4.38. The van der Waals surface area contributed by atoms with Crippen molar-refractivity contribution in [1.29, 1.82) is 0 Å². The molecule has 2 aromatic carbocycles. The predicted molar refractivity (Wildman–Crippen MR) is 96.1 cm³/mol. The van der Waals surface area contributed by atoms with Gasteiger partial charge in [0.15, 0.2) is 5.17 Å². The number of amidine groups is 1. The molecule has 0 aliphatic carbocycles. The van der Waals surface area contributed by atoms with E-state index in [-0.39, 0.29) is 6.04 Å². The lowest BCUT2D eigenvalue weighted by Crippen LogP contribution is -2.15. The van der Waals surface area contributed by atoms with Crippen LogP contribution in [0.25, 0.3) is 11.1 Å². The number of ether oxygens (including phenoxy) is 1. The molecule has 2 rings (SSSR count). The Hall–Kier alpha value is -1.78. The molecule has 0 radical (unpaired) electrons. The number of hydrogen-bond donors (Lipinski definition) is 1. The summed E-state index contributed by atoms with van der Waals surface area (Å²) in [6, 6.07) is 19.0. The van der Waals surface area contributed by atoms with E-state index in [4.69, 9.17) is 10.5 Å². The molecule has 0 bridgehead atoms. The molecule has 0 fully saturated rings. The van der Waals surface area contributed by atoms with Gasteiger partial charge in [-0.1, -0.05) is 66.4 Å². The largest absolute Gasteiger partial charge is 0.382 e. The molecule has 116 valence electrons. The van der Waals surface area contributed by atoms with Gasteiger partial charge in [-0.2, -0.15) is 0 Å². The fraction of sp³-hybridized carbons (Fsp3) is 0.278. The average Bonchev–Trinajstić information content (AvgIpc) is 2.54. The molecule has 0 amide bonds. The van der Waals surface area contributed by atoms with Crippen molar-refractivity contribution in [2.75, 3.05) is 13.7 Å². The third kappa shape index (κ3) is 5.20. The number of rotatable bonds is 6. The molecule has 0 saturated heterocycles. The lowest BCUT2D eigenvalue weighted by atomic mass is 10.0. The van der Waals surface area contributed by atoms with Gasteiger partial charge in [-0.3, -0.25) is 4.99 Å². The van der Waals surface area contributed by atoms with Crippen LogP contribution in [-0.2, 0) is 10.5 Å². The highest BCUT2D eigenvalue weighted by Crippen LogP contribution is 2.21. The number of thioether (sulfide) groups is 1. The Bertz CT molecular complexity index is 596. The number of hydrogen-bond acceptors (Lipinski definition) is 3. The van der Waals surface area contributed by atoms with E-state index < -0.39 is 0 Å². The van der Waals surface area contributed by atoms with Gasteiger partial charge in [0.1, 0.15) is 0 Å². The van der Waals surface area contributed by atoms with Crippen molar-refractivity contribution in [1.82, 2.24) is 0 Å². The van der Waals surface area contributed by atoms with Gasteiger partial charge in [-0.05, 0) is 23.6 Å². The van der Waals surface area contributed by atoms with Crippen molar-refractivity contribution < 1.29 is 4.74 Å². The van der Waals surface area contributed by atoms with E-state index in [1.165, 1.54) is 16.7 Å². The minimum atomic E-state index is 0.0953. The quantitative estimate of drug-likeness (QED) is 0.649. The summed E-state index contributed by atoms with van der Waals surface area (Å²) in [6.07, 6.45) is 0. The maximum absolute atomic E-state index is 5.93. The molecule has 2 N–H and O–H groups in total. The number of nitrogens with zero attached hydrogens (tertiary/aromatic N) is 1. The Morgan fingerprint density at radius 2 is 1.73 bits per heavy atom. The minimum Gasteiger partial charge on any atom is -0.382 e. The SMILES string of the molecule is COC[C@@H](C)N=C(N)SCc1ccc(-c2ccccc2)cc1. The minimum absolute atomic E-state index is 0.0953. The maximum atomic E-state index is 5.93. The van der Waals surface area contributed by atoms with Crippen LogP contribution in [0.5, 0.6) is 0 Å². The first-order chi connectivity index (χ1) is 10.7. The lowest BCUT2D eigenvalue weighted by molar-refractivity contribution is 0.186. The fourth-order valence-corrected chi connectivity index (χ4v) is 2.88. The van der Waals surface area contributed by atoms with Gasteiger partial charge in [0.2, 0.25) is 0 Å². The molecule has 4 heteroatoms. The summed E-state index contributed by atoms with van der Waals surface area (Å²) in [5, 5.41) is 0.608. The summed E-state index contributed by atoms with van der Waals surface area (Å²) in [7, 11) is 1.67. The summed E-state index contributed by atoms with van der Waals surface area (Å²) in [6.45, 7) is 2.58. The third-order valence-corrected chi connectivity index (χ3v) is 4.08. The second kappa shape index (κ2) is 8.61. The molecule has 0 aromatic heterocycles. The van der Waals surface area contributed by atoms with Crippen LogP contribution in [-0.4, -0.2) is 24.9 Å². The Kier molecular flexibility index (Phi) is 6.49. The van der Waals surface area contributed by atoms with Crippen LogP contribution >= 0.6 is 11.8 Å². The van der Waals surface area contributed by atoms with Gasteiger partial charge in [-0.25, -0.2) is 0 Å². The molecule has 3 nitrogen and oxygen atoms in total. The number of aliphatic imine (C=N–C) groups is 1. The second-order valence-electron chi connectivity index (χ2n) is 5.12. The first kappa shape index (κ1) is 16.6. The van der Waals surface area contributed by atoms with E-state index in [2.05, 4.69) is 53.5 Å². The molecule has 0 aliphatic heterocycles. The summed E-state index contributed by atoms with van der Waals surface area (Å²) < 4.78 is 5.05. The van der Waals surface area contributed by atoms with Gasteiger partial charge >= 0.3 is 0 Å². The first-order valence-corrected chi connectivity index (χ1v) is 8.27. The zero-order chi connectivity index (χ0) is 15.8. The van der Waals surface area contributed by atoms with Crippen LogP contribution in [0, 0.1) is 0 Å². The summed E-state index contributed by atoms with van der Waals surface area (Å²) >= 11 is 1.56. The summed E-state index contributed by atoms with van der Waals surface area (Å²) in [5.74, 6) is 0.824. The van der Waals surface area contributed by atoms with Crippen LogP contribution in [0.4, 0.5) is 0 Å². The third-order valence-electron chi connectivity index (χ3n) is 3.20. The van der Waals surface area contributed by atoms with Crippen LogP contribution < -0.4 is 5.73 Å². The Morgan fingerprint density at radius 1 is 1.09 bits per heavy atom. The van der Waals surface area contributed by atoms with Crippen molar-refractivity contribution in [3.63, 3.8) is 0 Å². The van der Waals surface area contributed by atoms with Crippen LogP contribution in [0.2, 0.25) is 0 Å². The Morgan fingerprint density at radius 3 is 2.36 bits per heavy atom. The second-order valence-corrected chi connectivity index (χ2v) is 6.12. The van der Waals surface area contributed by atoms with E-state index in [1.54, 1.807) is 18.9 Å². The first-order valence-electron chi connectivity index (χ1n) is 7.28. The van der Waals surface area contributed by atoms with Gasteiger partial charge in [0, 0.05) is 12.9 Å². The lowest BCUT2D eigenvalue weighted by Gasteiger charge is -2.07. The van der Waals surface area contributed by atoms with Crippen molar-refractivity contribution in [3.05, 3.63) is 60.2 Å². The van der Waals surface area contributed by atoms with Crippen molar-refractivity contribution >= 4 is 16.9 Å². The van der Waals surface area contributed by atoms with Crippen LogP contribution in [0.1, 0.15) is 12.5 Å². The van der Waals surface area contributed by atoms with E-state index in [1.807, 2.05) is 13.0 Å². The number of benzene rings is 2. The van der Waals surface area contributed by atoms with Gasteiger partial charge < -0.3 is 10.5 Å². The highest BCUT2D eigenvalue weighted by molar-refractivity contribution is 8.13. The van der Waals surface area contributed by atoms with Gasteiger partial charge in [0.25, 0.3) is 0 Å². The fourth-order valence-electron chi connectivity index (χ4n) is 2.11. The van der Waals surface area contributed by atoms with Crippen molar-refractivity contribution in [2.24, 2.45) is 10.7 Å². The molecule has 0 aliphatic rings. The zero-order valence-electron chi connectivity index (χ0n) is 13.0. The van der Waals surface area contributed by atoms with Crippen LogP contribution in [0.3, 0.4) is 0 Å². The molecule has 0 saturated carbocycles. The highest BCUT2D eigenvalue weighted by Gasteiger charge is 2.02. The molecule has 0 spiro atoms. The molecule has 2 aromatic rings. The number of methoxy groups -OCH3 is 1. The molecule has 0 heterocycles. The Labute approximate surface area is 136 Å². The average molecular weight is 314 g/mol. The van der Waals surface area contributed by atoms with Crippen molar-refractivity contribution in [3.8, 4) is 11.1 Å².